The standard InChI is InChI=1S/C30H24N6O3.C29H22N6O3.C26H20ClN3O2.C4H6N4O/c1-38-22-15-13-20(14-16-22)25-23(33-29-31-18-32-30(34-29)39-2)17-24-26(19-9-5-3-6-10-19)27(35-36(24)28(25)37)21-11-7-4-8-12-21;1-38-21-14-12-19(13-15-21)24-22(32-28-30-17-31-29(37)33-28)16-23-25(18-8-4-2-5-9-18)26(34-35(23)27(24)36)20-10-6-3-7-11-20;1-31-20-15-13-18(14-16-20)22-24(27)28-25-21(17-9-5-3-6-10-17)23(19-11-7-4-8-12-19)29-30(25)26(22)32-2;1-9-4-7-2-6-3(5)8-4/h3-16,18H,17H2,1-2H3,(H,31,32,33,34);2-15,17H,16H2,1H3,(H2,30,31,32,33,37);3-16H,1-2H3;2H,1H3,(H2,5,6,7,8). The van der Waals surface area contributed by atoms with Crippen LogP contribution in [-0.2, 0) is 12.8 Å². The fourth-order valence-corrected chi connectivity index (χ4v) is 13.9. The van der Waals surface area contributed by atoms with Crippen LogP contribution in [0.25, 0.3) is 95.1 Å². The number of halogens is 1. The first-order valence-corrected chi connectivity index (χ1v) is 37.1. The summed E-state index contributed by atoms with van der Waals surface area (Å²) in [5, 5.41) is 21.5. The maximum Gasteiger partial charge on any atom is 0.349 e. The zero-order valence-corrected chi connectivity index (χ0v) is 65.0. The molecule has 2 aliphatic heterocycles. The van der Waals surface area contributed by atoms with Crippen molar-refractivity contribution in [2.24, 2.45) is 0 Å². The van der Waals surface area contributed by atoms with Crippen LogP contribution in [0.2, 0.25) is 5.15 Å². The van der Waals surface area contributed by atoms with E-state index in [4.69, 9.17) is 61.3 Å². The first kappa shape index (κ1) is 77.5. The molecule has 0 spiro atoms. The van der Waals surface area contributed by atoms with Gasteiger partial charge >= 0.3 is 17.7 Å². The number of nitrogens with zero attached hydrogens (tertiary/aromatic N) is 15. The largest absolute Gasteiger partial charge is 0.497 e. The van der Waals surface area contributed by atoms with Crippen molar-refractivity contribution in [1.29, 1.82) is 0 Å². The summed E-state index contributed by atoms with van der Waals surface area (Å²) in [7, 11) is 9.40. The van der Waals surface area contributed by atoms with Gasteiger partial charge in [-0.05, 0) is 69.8 Å². The van der Waals surface area contributed by atoms with Crippen molar-refractivity contribution in [3.8, 4) is 113 Å². The van der Waals surface area contributed by atoms with Crippen LogP contribution in [0.4, 0.5) is 17.8 Å². The second-order valence-corrected chi connectivity index (χ2v) is 26.3. The lowest BCUT2D eigenvalue weighted by molar-refractivity contribution is 0.0950. The molecule has 0 fully saturated rings. The summed E-state index contributed by atoms with van der Waals surface area (Å²) >= 11 is 6.75. The highest BCUT2D eigenvalue weighted by atomic mass is 35.5. The molecule has 0 unspecified atom stereocenters. The maximum absolute atomic E-state index is 14.2. The van der Waals surface area contributed by atoms with Gasteiger partial charge in [0.15, 0.2) is 5.65 Å². The van der Waals surface area contributed by atoms with Crippen LogP contribution < -0.4 is 50.5 Å². The highest BCUT2D eigenvalue weighted by Crippen LogP contribution is 2.45. The molecule has 7 aromatic heterocycles. The molecule has 9 aromatic carbocycles. The van der Waals surface area contributed by atoms with E-state index in [0.29, 0.717) is 85.9 Å². The molecule has 0 aliphatic carbocycles. The Bertz CT molecular complexity index is 6400. The van der Waals surface area contributed by atoms with E-state index in [-0.39, 0.29) is 41.7 Å². The third kappa shape index (κ3) is 16.5. The summed E-state index contributed by atoms with van der Waals surface area (Å²) in [6.45, 7) is 0. The monoisotopic (exact) mass is 1590 g/mol. The Balaban J connectivity index is 0.000000132. The second kappa shape index (κ2) is 35.5. The van der Waals surface area contributed by atoms with Crippen LogP contribution in [0.3, 0.4) is 0 Å². The number of anilines is 3. The number of aromatic nitrogens is 16. The van der Waals surface area contributed by atoms with Gasteiger partial charge in [-0.15, -0.1) is 0 Å². The van der Waals surface area contributed by atoms with Gasteiger partial charge in [-0.25, -0.2) is 24.7 Å². The lowest BCUT2D eigenvalue weighted by Crippen LogP contribution is -2.27. The van der Waals surface area contributed by atoms with E-state index in [1.54, 1.807) is 45.1 Å². The van der Waals surface area contributed by atoms with Crippen molar-refractivity contribution in [3.05, 3.63) is 323 Å². The summed E-state index contributed by atoms with van der Waals surface area (Å²) < 4.78 is 36.3. The Morgan fingerprint density at radius 3 is 1.16 bits per heavy atom. The summed E-state index contributed by atoms with van der Waals surface area (Å²) in [5.41, 5.74) is 22.5. The van der Waals surface area contributed by atoms with Gasteiger partial charge in [-0.3, -0.25) is 14.6 Å². The molecule has 16 aromatic rings. The van der Waals surface area contributed by atoms with E-state index in [1.807, 2.05) is 243 Å². The van der Waals surface area contributed by atoms with Crippen LogP contribution in [0, 0.1) is 0 Å². The van der Waals surface area contributed by atoms with E-state index in [0.717, 1.165) is 84.2 Å². The van der Waals surface area contributed by atoms with Crippen molar-refractivity contribution in [3.63, 3.8) is 0 Å². The van der Waals surface area contributed by atoms with Gasteiger partial charge in [0, 0.05) is 52.1 Å². The topological polar surface area (TPSA) is 341 Å². The Hall–Kier alpha value is -15.8. The van der Waals surface area contributed by atoms with Crippen LogP contribution in [0.15, 0.2) is 290 Å². The molecule has 0 saturated heterocycles. The number of carbonyl (C=O) groups excluding carboxylic acids is 2. The Morgan fingerprint density at radius 2 is 0.754 bits per heavy atom. The predicted molar refractivity (Wildman–Crippen MR) is 449 cm³/mol. The van der Waals surface area contributed by atoms with Crippen molar-refractivity contribution in [1.82, 2.24) is 79.0 Å². The molecule has 18 rings (SSSR count). The van der Waals surface area contributed by atoms with Gasteiger partial charge in [0.25, 0.3) is 11.8 Å². The van der Waals surface area contributed by atoms with Gasteiger partial charge in [-0.2, -0.15) is 54.1 Å². The van der Waals surface area contributed by atoms with Crippen LogP contribution >= 0.6 is 11.6 Å². The molecule has 28 nitrogen and oxygen atoms in total. The molecule has 5 N–H and O–H groups in total. The average molecular weight is 1590 g/mol. The van der Waals surface area contributed by atoms with Crippen molar-refractivity contribution in [2.75, 3.05) is 59.0 Å². The van der Waals surface area contributed by atoms with E-state index in [9.17, 15) is 14.4 Å². The minimum absolute atomic E-state index is 0.168. The molecule has 0 atom stereocenters. The Kier molecular flexibility index (Phi) is 23.3. The summed E-state index contributed by atoms with van der Waals surface area (Å²) in [5.74, 6) is 2.71. The van der Waals surface area contributed by atoms with E-state index in [2.05, 4.69) is 60.2 Å². The molecule has 9 heterocycles. The van der Waals surface area contributed by atoms with Crippen LogP contribution in [-0.4, -0.2) is 133 Å². The number of ether oxygens (including phenoxy) is 6. The fourth-order valence-electron chi connectivity index (χ4n) is 13.6. The quantitative estimate of drug-likeness (QED) is 0.0546. The number of hydrogen-bond acceptors (Lipinski definition) is 24. The molecular formula is C89H72ClN19O9. The molecule has 2 aliphatic rings. The maximum atomic E-state index is 14.2. The fraction of sp³-hybridized carbons (Fsp3) is 0.0899. The number of hydrogen-bond donors (Lipinski definition) is 4. The number of H-pyrrole nitrogens is 1. The number of rotatable bonds is 19. The number of nitrogens with two attached hydrogens (primary N) is 1. The molecule has 29 heteroatoms. The molecular weight excluding hydrogens is 1510 g/mol. The number of carbonyl (C=O) groups is 2. The lowest BCUT2D eigenvalue weighted by atomic mass is 9.92. The van der Waals surface area contributed by atoms with Crippen molar-refractivity contribution < 1.29 is 38.0 Å². The van der Waals surface area contributed by atoms with Crippen LogP contribution in [0.1, 0.15) is 32.1 Å². The molecule has 0 radical (unpaired) electrons. The number of methoxy groups -OCH3 is 6. The summed E-state index contributed by atoms with van der Waals surface area (Å²) in [6.07, 6.45) is 4.54. The smallest absolute Gasteiger partial charge is 0.349 e. The van der Waals surface area contributed by atoms with E-state index >= 15 is 0 Å². The van der Waals surface area contributed by atoms with Gasteiger partial charge in [0.2, 0.25) is 23.7 Å². The minimum Gasteiger partial charge on any atom is -0.497 e. The number of nitrogens with one attached hydrogen (secondary N) is 3. The Morgan fingerprint density at radius 1 is 0.373 bits per heavy atom. The predicted octanol–water partition coefficient (Wildman–Crippen LogP) is 15.4. The van der Waals surface area contributed by atoms with Crippen molar-refractivity contribution in [2.45, 2.75) is 12.8 Å². The SMILES string of the molecule is COc1ccc(-c2c(Cl)nc3c(-c4ccccc4)c(-c4ccccc4)nn3c2OC)cc1.COc1ccc(C2=C(Nc3ncnc(=O)[nH]3)Cc3c(-c4ccccc4)c(-c4ccccc4)nn3C2=O)cc1.COc1ccc(C2=C(Nc3ncnc(OC)n3)Cc3c(-c4ccccc4)c(-c4ccccc4)nn3C2=O)cc1.COc1ncnc(N)n1. The average Bonchev–Trinajstić information content (AvgIpc) is 1.60. The van der Waals surface area contributed by atoms with E-state index < -0.39 is 5.69 Å². The zero-order chi connectivity index (χ0) is 81.6. The normalized spacial score (nSPS) is 12.0. The number of benzene rings is 9. The lowest BCUT2D eigenvalue weighted by Gasteiger charge is -2.22. The van der Waals surface area contributed by atoms with Gasteiger partial charge in [0.05, 0.1) is 76.3 Å². The number of fused-ring (bicyclic) bond motifs is 3. The van der Waals surface area contributed by atoms with Gasteiger partial charge in [0.1, 0.15) is 58.5 Å². The van der Waals surface area contributed by atoms with Crippen molar-refractivity contribution >= 4 is 58.1 Å². The van der Waals surface area contributed by atoms with Gasteiger partial charge < -0.3 is 44.8 Å². The minimum atomic E-state index is -0.544. The first-order valence-electron chi connectivity index (χ1n) is 36.7. The summed E-state index contributed by atoms with van der Waals surface area (Å²) in [4.78, 5) is 78.7. The van der Waals surface area contributed by atoms with E-state index in [1.165, 1.54) is 42.6 Å². The third-order valence-electron chi connectivity index (χ3n) is 19.0. The molecule has 0 amide bonds. The number of nitrogen functional groups attached to an aromatic ring is 1. The molecule has 584 valence electrons. The highest BCUT2D eigenvalue weighted by molar-refractivity contribution is 6.32. The summed E-state index contributed by atoms with van der Waals surface area (Å²) in [6, 6.07) is 82.3. The molecule has 118 heavy (non-hydrogen) atoms. The first-order chi connectivity index (χ1) is 57.8. The zero-order valence-electron chi connectivity index (χ0n) is 64.2. The third-order valence-corrected chi connectivity index (χ3v) is 19.3. The van der Waals surface area contributed by atoms with Crippen LogP contribution in [0.5, 0.6) is 35.1 Å². The second-order valence-electron chi connectivity index (χ2n) is 26.0. The van der Waals surface area contributed by atoms with Gasteiger partial charge in [-0.1, -0.05) is 230 Å². The highest BCUT2D eigenvalue weighted by Gasteiger charge is 2.36. The number of aromatic amines is 1. The molecule has 0 saturated carbocycles. The molecule has 0 bridgehead atoms. The Labute approximate surface area is 680 Å². The number of allylic oxidation sites excluding steroid dienone is 4.